The van der Waals surface area contributed by atoms with Crippen molar-refractivity contribution in [2.45, 2.75) is 13.0 Å². The summed E-state index contributed by atoms with van der Waals surface area (Å²) < 4.78 is 1.88. The van der Waals surface area contributed by atoms with Crippen LogP contribution in [0.15, 0.2) is 121 Å². The van der Waals surface area contributed by atoms with E-state index in [1.165, 1.54) is 5.56 Å². The second-order valence-corrected chi connectivity index (χ2v) is 11.5. The predicted molar refractivity (Wildman–Crippen MR) is 178 cm³/mol. The zero-order valence-corrected chi connectivity index (χ0v) is 25.4. The first kappa shape index (κ1) is 29.2. The lowest BCUT2D eigenvalue weighted by atomic mass is 9.98. The van der Waals surface area contributed by atoms with Gasteiger partial charge in [-0.1, -0.05) is 102 Å². The standard InChI is InChI=1S/C37H28Cl2N2O3/c1-40(23-24-7-3-2-4-8-24)28-16-18-29(19-17-28)41-34-10-6-5-9-30(34)31(22-35(42)43)36(41)37(44)26-13-11-25(12-14-26)27-15-20-32(38)33(39)21-27/h2-21H,22-23H2,1H3,(H,42,43). The van der Waals surface area contributed by atoms with E-state index in [-0.39, 0.29) is 12.2 Å². The summed E-state index contributed by atoms with van der Waals surface area (Å²) in [5.41, 5.74) is 6.77. The minimum atomic E-state index is -1.00. The van der Waals surface area contributed by atoms with Crippen molar-refractivity contribution in [3.8, 4) is 16.8 Å². The Labute approximate surface area is 265 Å². The summed E-state index contributed by atoms with van der Waals surface area (Å²) in [5.74, 6) is -1.27. The molecule has 5 aromatic carbocycles. The summed E-state index contributed by atoms with van der Waals surface area (Å²) >= 11 is 12.3. The maximum Gasteiger partial charge on any atom is 0.307 e. The van der Waals surface area contributed by atoms with Crippen molar-refractivity contribution in [3.63, 3.8) is 0 Å². The SMILES string of the molecule is CN(Cc1ccccc1)c1ccc(-n2c(C(=O)c3ccc(-c4ccc(Cl)c(Cl)c4)cc3)c(CC(=O)O)c3ccccc32)cc1. The van der Waals surface area contributed by atoms with Crippen LogP contribution in [0.3, 0.4) is 0 Å². The number of ketones is 1. The fraction of sp³-hybridized carbons (Fsp3) is 0.0811. The highest BCUT2D eigenvalue weighted by Gasteiger charge is 2.26. The monoisotopic (exact) mass is 618 g/mol. The molecule has 0 aliphatic rings. The molecule has 6 aromatic rings. The molecular weight excluding hydrogens is 591 g/mol. The van der Waals surface area contributed by atoms with Gasteiger partial charge in [-0.25, -0.2) is 0 Å². The first-order chi connectivity index (χ1) is 21.3. The normalized spacial score (nSPS) is 11.1. The Bertz CT molecular complexity index is 1980. The molecule has 7 heteroatoms. The third-order valence-electron chi connectivity index (χ3n) is 7.73. The Kier molecular flexibility index (Phi) is 8.25. The smallest absolute Gasteiger partial charge is 0.307 e. The van der Waals surface area contributed by atoms with E-state index >= 15 is 0 Å². The molecule has 1 heterocycles. The van der Waals surface area contributed by atoms with E-state index in [0.717, 1.165) is 39.9 Å². The number of nitrogens with zero attached hydrogens (tertiary/aromatic N) is 2. The number of carboxylic acid groups (broad SMARTS) is 1. The molecule has 0 aliphatic heterocycles. The molecular formula is C37H28Cl2N2O3. The van der Waals surface area contributed by atoms with Crippen molar-refractivity contribution in [2.75, 3.05) is 11.9 Å². The molecule has 218 valence electrons. The molecule has 0 amide bonds. The summed E-state index contributed by atoms with van der Waals surface area (Å²) in [7, 11) is 2.04. The van der Waals surface area contributed by atoms with Gasteiger partial charge >= 0.3 is 5.97 Å². The van der Waals surface area contributed by atoms with E-state index in [1.807, 2.05) is 96.5 Å². The molecule has 0 spiro atoms. The Morgan fingerprint density at radius 2 is 1.41 bits per heavy atom. The molecule has 0 unspecified atom stereocenters. The second-order valence-electron chi connectivity index (χ2n) is 10.6. The number of halogens is 2. The van der Waals surface area contributed by atoms with E-state index < -0.39 is 5.97 Å². The minimum Gasteiger partial charge on any atom is -0.481 e. The Morgan fingerprint density at radius 1 is 0.750 bits per heavy atom. The summed E-state index contributed by atoms with van der Waals surface area (Å²) in [5, 5.41) is 11.5. The topological polar surface area (TPSA) is 62.5 Å². The van der Waals surface area contributed by atoms with Gasteiger partial charge in [0.05, 0.1) is 27.7 Å². The lowest BCUT2D eigenvalue weighted by Crippen LogP contribution is -2.16. The molecule has 1 N–H and O–H groups in total. The van der Waals surface area contributed by atoms with Gasteiger partial charge in [0.2, 0.25) is 5.78 Å². The van der Waals surface area contributed by atoms with Gasteiger partial charge in [-0.15, -0.1) is 0 Å². The fourth-order valence-electron chi connectivity index (χ4n) is 5.57. The molecule has 0 radical (unpaired) electrons. The lowest BCUT2D eigenvalue weighted by Gasteiger charge is -2.20. The zero-order chi connectivity index (χ0) is 30.8. The third kappa shape index (κ3) is 5.85. The van der Waals surface area contributed by atoms with Crippen LogP contribution in [-0.4, -0.2) is 28.5 Å². The van der Waals surface area contributed by atoms with Crippen molar-refractivity contribution < 1.29 is 14.7 Å². The van der Waals surface area contributed by atoms with Crippen LogP contribution >= 0.6 is 23.2 Å². The minimum absolute atomic E-state index is 0.261. The van der Waals surface area contributed by atoms with E-state index in [0.29, 0.717) is 26.9 Å². The number of aliphatic carboxylic acids is 1. The van der Waals surface area contributed by atoms with Gasteiger partial charge in [0, 0.05) is 41.5 Å². The van der Waals surface area contributed by atoms with Gasteiger partial charge in [-0.3, -0.25) is 9.59 Å². The number of carboxylic acids is 1. The van der Waals surface area contributed by atoms with Crippen LogP contribution in [0.2, 0.25) is 10.0 Å². The molecule has 0 saturated heterocycles. The van der Waals surface area contributed by atoms with Crippen LogP contribution in [0.5, 0.6) is 0 Å². The van der Waals surface area contributed by atoms with Crippen molar-refractivity contribution in [1.82, 2.24) is 4.57 Å². The van der Waals surface area contributed by atoms with Gasteiger partial charge in [0.15, 0.2) is 0 Å². The van der Waals surface area contributed by atoms with Gasteiger partial charge in [0.1, 0.15) is 0 Å². The summed E-state index contributed by atoms with van der Waals surface area (Å²) in [6.07, 6.45) is -0.284. The first-order valence-corrected chi connectivity index (χ1v) is 14.9. The summed E-state index contributed by atoms with van der Waals surface area (Å²) in [4.78, 5) is 28.5. The number of hydrogen-bond donors (Lipinski definition) is 1. The maximum absolute atomic E-state index is 14.3. The van der Waals surface area contributed by atoms with Gasteiger partial charge in [-0.05, 0) is 59.2 Å². The first-order valence-electron chi connectivity index (χ1n) is 14.1. The maximum atomic E-state index is 14.3. The summed E-state index contributed by atoms with van der Waals surface area (Å²) in [6.45, 7) is 0.747. The van der Waals surface area contributed by atoms with Crippen molar-refractivity contribution >= 4 is 51.5 Å². The molecule has 0 aliphatic carbocycles. The number of hydrogen-bond acceptors (Lipinski definition) is 3. The highest BCUT2D eigenvalue weighted by molar-refractivity contribution is 6.42. The number of carbonyl (C=O) groups is 2. The molecule has 0 bridgehead atoms. The largest absolute Gasteiger partial charge is 0.481 e. The fourth-order valence-corrected chi connectivity index (χ4v) is 5.87. The highest BCUT2D eigenvalue weighted by atomic mass is 35.5. The van der Waals surface area contributed by atoms with Gasteiger partial charge in [0.25, 0.3) is 0 Å². The Hall–Kier alpha value is -4.84. The molecule has 1 aromatic heterocycles. The van der Waals surface area contributed by atoms with Crippen LogP contribution in [0, 0.1) is 0 Å². The van der Waals surface area contributed by atoms with E-state index in [1.54, 1.807) is 24.3 Å². The van der Waals surface area contributed by atoms with Crippen LogP contribution < -0.4 is 4.90 Å². The number of anilines is 1. The molecule has 6 rings (SSSR count). The van der Waals surface area contributed by atoms with Gasteiger partial charge < -0.3 is 14.6 Å². The molecule has 0 fully saturated rings. The number of fused-ring (bicyclic) bond motifs is 1. The van der Waals surface area contributed by atoms with Gasteiger partial charge in [-0.2, -0.15) is 0 Å². The Morgan fingerprint density at radius 3 is 2.09 bits per heavy atom. The number of para-hydroxylation sites is 1. The molecule has 5 nitrogen and oxygen atoms in total. The Balaban J connectivity index is 1.42. The zero-order valence-electron chi connectivity index (χ0n) is 23.9. The molecule has 0 saturated carbocycles. The second kappa shape index (κ2) is 12.4. The van der Waals surface area contributed by atoms with Crippen LogP contribution in [0.1, 0.15) is 27.2 Å². The van der Waals surface area contributed by atoms with Crippen LogP contribution in [0.4, 0.5) is 5.69 Å². The van der Waals surface area contributed by atoms with E-state index in [4.69, 9.17) is 23.2 Å². The van der Waals surface area contributed by atoms with Crippen LogP contribution in [-0.2, 0) is 17.8 Å². The average Bonchev–Trinajstić information content (AvgIpc) is 3.36. The highest BCUT2D eigenvalue weighted by Crippen LogP contribution is 2.34. The quantitative estimate of drug-likeness (QED) is 0.164. The molecule has 0 atom stereocenters. The third-order valence-corrected chi connectivity index (χ3v) is 8.47. The van der Waals surface area contributed by atoms with Crippen molar-refractivity contribution in [3.05, 3.63) is 154 Å². The van der Waals surface area contributed by atoms with Crippen LogP contribution in [0.25, 0.3) is 27.7 Å². The number of rotatable bonds is 9. The number of benzene rings is 5. The molecule has 44 heavy (non-hydrogen) atoms. The number of aromatic nitrogens is 1. The van der Waals surface area contributed by atoms with E-state index in [2.05, 4.69) is 17.0 Å². The lowest BCUT2D eigenvalue weighted by molar-refractivity contribution is -0.136. The predicted octanol–water partition coefficient (Wildman–Crippen LogP) is 9.10. The average molecular weight is 620 g/mol. The summed E-state index contributed by atoms with van der Waals surface area (Å²) in [6, 6.07) is 38.4. The van der Waals surface area contributed by atoms with E-state index in [9.17, 15) is 14.7 Å². The van der Waals surface area contributed by atoms with Crippen molar-refractivity contribution in [1.29, 1.82) is 0 Å². The number of carbonyl (C=O) groups excluding carboxylic acids is 1. The van der Waals surface area contributed by atoms with Crippen molar-refractivity contribution in [2.24, 2.45) is 0 Å².